The predicted octanol–water partition coefficient (Wildman–Crippen LogP) is 4.07. The third-order valence-electron chi connectivity index (χ3n) is 8.63. The standard InChI is InChI=1S/C37H48N2O11.CH2O/c1-25(16-18-40)48-21-5-10-32(41)29-9-4-8-27-31(24-49-37(45)50-39-34(43)14-15-35(39)44)30-23-26(12-13-28(30)36(27)29)7-3-11-33(42)38-17-22-47-20-6-19-46-2;1-2/h4,8-9,12-13,23,25,31,40H,3,5-7,10-11,14-22,24H2,1-2H3,(H,38,42);1H2. The number of nitrogens with zero attached hydrogens (tertiary/aromatic N) is 1. The van der Waals surface area contributed by atoms with Crippen LogP contribution in [0.4, 0.5) is 4.79 Å². The fourth-order valence-electron chi connectivity index (χ4n) is 6.06. The molecular weight excluding hydrogens is 676 g/mol. The Bertz CT molecular complexity index is 1500. The number of imide groups is 1. The molecule has 1 aliphatic carbocycles. The average Bonchev–Trinajstić information content (AvgIpc) is 3.63. The molecule has 2 aliphatic rings. The molecule has 2 aromatic rings. The topological polar surface area (TPSA) is 184 Å². The van der Waals surface area contributed by atoms with Gasteiger partial charge in [0.1, 0.15) is 13.4 Å². The number of Topliss-reactive ketones (excluding diaryl/α,β-unsaturated/α-hetero) is 1. The molecule has 1 saturated heterocycles. The molecule has 1 fully saturated rings. The highest BCUT2D eigenvalue weighted by Gasteiger charge is 2.36. The largest absolute Gasteiger partial charge is 0.533 e. The molecule has 2 unspecified atom stereocenters. The van der Waals surface area contributed by atoms with Crippen LogP contribution in [-0.4, -0.2) is 106 Å². The summed E-state index contributed by atoms with van der Waals surface area (Å²) >= 11 is 0. The van der Waals surface area contributed by atoms with Gasteiger partial charge in [-0.3, -0.25) is 24.0 Å². The first-order chi connectivity index (χ1) is 25.2. The lowest BCUT2D eigenvalue weighted by Gasteiger charge is -2.17. The van der Waals surface area contributed by atoms with E-state index < -0.39 is 23.9 Å². The van der Waals surface area contributed by atoms with E-state index in [-0.39, 0.29) is 50.3 Å². The molecule has 2 atom stereocenters. The number of ketones is 1. The number of ether oxygens (including phenoxy) is 4. The van der Waals surface area contributed by atoms with Crippen LogP contribution in [0, 0.1) is 0 Å². The Kier molecular flexibility index (Phi) is 18.1. The van der Waals surface area contributed by atoms with Crippen molar-refractivity contribution in [3.8, 4) is 11.1 Å². The zero-order chi connectivity index (χ0) is 37.9. The number of fused-ring (bicyclic) bond motifs is 3. The first kappa shape index (κ1) is 41.9. The predicted molar refractivity (Wildman–Crippen MR) is 188 cm³/mol. The third-order valence-corrected chi connectivity index (χ3v) is 8.63. The SMILES string of the molecule is C=O.COCCCOCCNC(=O)CCCc1ccc2c(c1)C(COC(=O)ON1C(=O)CCC1=O)c1cccc(C(=O)CCCOC(C)CCO)c1-2. The molecule has 0 spiro atoms. The van der Waals surface area contributed by atoms with Crippen LogP contribution in [0.1, 0.15) is 91.3 Å². The second kappa shape index (κ2) is 22.4. The number of aliphatic hydroxyl groups is 1. The molecule has 0 aromatic heterocycles. The quantitative estimate of drug-likeness (QED) is 0.0769. The fraction of sp³-hybridized carbons (Fsp3) is 0.526. The van der Waals surface area contributed by atoms with Gasteiger partial charge in [0, 0.05) is 77.2 Å². The van der Waals surface area contributed by atoms with Gasteiger partial charge in [0.2, 0.25) is 5.91 Å². The monoisotopic (exact) mass is 726 g/mol. The lowest BCUT2D eigenvalue weighted by Crippen LogP contribution is -2.32. The fourth-order valence-corrected chi connectivity index (χ4v) is 6.06. The zero-order valence-corrected chi connectivity index (χ0v) is 30.0. The highest BCUT2D eigenvalue weighted by Crippen LogP contribution is 2.47. The zero-order valence-electron chi connectivity index (χ0n) is 30.0. The van der Waals surface area contributed by atoms with Crippen molar-refractivity contribution in [2.45, 2.75) is 76.7 Å². The van der Waals surface area contributed by atoms with Crippen LogP contribution in [-0.2, 0) is 49.4 Å². The minimum atomic E-state index is -1.17. The summed E-state index contributed by atoms with van der Waals surface area (Å²) in [6, 6.07) is 11.4. The number of carbonyl (C=O) groups excluding carboxylic acids is 6. The van der Waals surface area contributed by atoms with E-state index in [2.05, 4.69) is 5.32 Å². The van der Waals surface area contributed by atoms with Crippen molar-refractivity contribution in [1.82, 2.24) is 10.4 Å². The van der Waals surface area contributed by atoms with E-state index >= 15 is 0 Å². The number of aryl methyl sites for hydroxylation is 1. The number of hydrogen-bond acceptors (Lipinski definition) is 12. The molecular formula is C38H50N2O12. The van der Waals surface area contributed by atoms with Crippen molar-refractivity contribution in [2.75, 3.05) is 53.3 Å². The summed E-state index contributed by atoms with van der Waals surface area (Å²) in [6.07, 6.45) is 2.35. The first-order valence-electron chi connectivity index (χ1n) is 17.6. The van der Waals surface area contributed by atoms with Crippen molar-refractivity contribution >= 4 is 36.4 Å². The van der Waals surface area contributed by atoms with E-state index in [9.17, 15) is 24.0 Å². The van der Waals surface area contributed by atoms with Crippen LogP contribution in [0.5, 0.6) is 0 Å². The molecule has 1 heterocycles. The van der Waals surface area contributed by atoms with Crippen molar-refractivity contribution in [1.29, 1.82) is 0 Å². The molecule has 1 aliphatic heterocycles. The highest BCUT2D eigenvalue weighted by molar-refractivity contribution is 6.05. The molecule has 2 aromatic carbocycles. The van der Waals surface area contributed by atoms with Gasteiger partial charge in [0.05, 0.1) is 12.7 Å². The van der Waals surface area contributed by atoms with Crippen molar-refractivity contribution in [3.63, 3.8) is 0 Å². The summed E-state index contributed by atoms with van der Waals surface area (Å²) < 4.78 is 21.6. The van der Waals surface area contributed by atoms with Gasteiger partial charge in [-0.15, -0.1) is 0 Å². The maximum atomic E-state index is 13.5. The molecule has 284 valence electrons. The molecule has 52 heavy (non-hydrogen) atoms. The number of hydroxylamine groups is 2. The number of benzene rings is 2. The summed E-state index contributed by atoms with van der Waals surface area (Å²) in [4.78, 5) is 75.3. The van der Waals surface area contributed by atoms with E-state index in [1.54, 1.807) is 19.2 Å². The lowest BCUT2D eigenvalue weighted by molar-refractivity contribution is -0.177. The van der Waals surface area contributed by atoms with Gasteiger partial charge in [-0.05, 0) is 66.8 Å². The maximum Gasteiger partial charge on any atom is 0.533 e. The van der Waals surface area contributed by atoms with E-state index in [1.165, 1.54) is 0 Å². The summed E-state index contributed by atoms with van der Waals surface area (Å²) in [7, 11) is 1.64. The number of carbonyl (C=O) groups is 6. The van der Waals surface area contributed by atoms with Gasteiger partial charge in [-0.25, -0.2) is 4.79 Å². The summed E-state index contributed by atoms with van der Waals surface area (Å²) in [5.74, 6) is -1.77. The minimum absolute atomic E-state index is 0.0335. The van der Waals surface area contributed by atoms with Gasteiger partial charge in [-0.1, -0.05) is 41.5 Å². The Balaban J connectivity index is 0.00000358. The van der Waals surface area contributed by atoms with Crippen LogP contribution in [0.2, 0.25) is 0 Å². The van der Waals surface area contributed by atoms with E-state index in [0.29, 0.717) is 75.7 Å². The third kappa shape index (κ3) is 12.3. The molecule has 0 bridgehead atoms. The van der Waals surface area contributed by atoms with Crippen molar-refractivity contribution in [2.24, 2.45) is 0 Å². The number of nitrogens with one attached hydrogen (secondary N) is 1. The lowest BCUT2D eigenvalue weighted by atomic mass is 9.93. The van der Waals surface area contributed by atoms with E-state index in [4.69, 9.17) is 33.7 Å². The Morgan fingerprint density at radius 2 is 1.73 bits per heavy atom. The second-order valence-electron chi connectivity index (χ2n) is 12.4. The van der Waals surface area contributed by atoms with Crippen LogP contribution < -0.4 is 5.32 Å². The molecule has 0 radical (unpaired) electrons. The van der Waals surface area contributed by atoms with Gasteiger partial charge >= 0.3 is 6.16 Å². The summed E-state index contributed by atoms with van der Waals surface area (Å²) in [5, 5.41) is 12.4. The first-order valence-corrected chi connectivity index (χ1v) is 17.6. The average molecular weight is 727 g/mol. The van der Waals surface area contributed by atoms with Gasteiger partial charge < -0.3 is 34.2 Å². The number of amides is 3. The molecule has 3 amide bonds. The molecule has 2 N–H and O–H groups in total. The summed E-state index contributed by atoms with van der Waals surface area (Å²) in [6.45, 7) is 6.24. The maximum absolute atomic E-state index is 13.5. The van der Waals surface area contributed by atoms with Crippen molar-refractivity contribution in [3.05, 3.63) is 58.7 Å². The highest BCUT2D eigenvalue weighted by atomic mass is 16.8. The number of hydrogen-bond donors (Lipinski definition) is 2. The number of rotatable bonds is 22. The van der Waals surface area contributed by atoms with Crippen LogP contribution in [0.25, 0.3) is 11.1 Å². The van der Waals surface area contributed by atoms with Gasteiger partial charge in [-0.2, -0.15) is 0 Å². The number of aliphatic hydroxyl groups excluding tert-OH is 1. The minimum Gasteiger partial charge on any atom is -0.432 e. The Morgan fingerprint density at radius 1 is 0.962 bits per heavy atom. The number of methoxy groups -OCH3 is 1. The Hall–Kier alpha value is -4.50. The smallest absolute Gasteiger partial charge is 0.432 e. The Morgan fingerprint density at radius 3 is 2.46 bits per heavy atom. The normalized spacial score (nSPS) is 15.0. The van der Waals surface area contributed by atoms with Crippen LogP contribution in [0.15, 0.2) is 36.4 Å². The van der Waals surface area contributed by atoms with Crippen LogP contribution in [0.3, 0.4) is 0 Å². The van der Waals surface area contributed by atoms with E-state index in [1.807, 2.05) is 38.0 Å². The molecule has 14 heteroatoms. The molecule has 0 saturated carbocycles. The molecule has 14 nitrogen and oxygen atoms in total. The van der Waals surface area contributed by atoms with Crippen molar-refractivity contribution < 1.29 is 57.7 Å². The van der Waals surface area contributed by atoms with E-state index in [0.717, 1.165) is 34.2 Å². The van der Waals surface area contributed by atoms with Gasteiger partial charge in [0.15, 0.2) is 5.78 Å². The van der Waals surface area contributed by atoms with Crippen LogP contribution >= 0.6 is 0 Å². The van der Waals surface area contributed by atoms with Gasteiger partial charge in [0.25, 0.3) is 11.8 Å². The summed E-state index contributed by atoms with van der Waals surface area (Å²) in [5.41, 5.74) is 4.81. The Labute approximate surface area is 304 Å². The molecule has 4 rings (SSSR count). The second-order valence-corrected chi connectivity index (χ2v) is 12.4.